The monoisotopic (exact) mass is 249 g/mol. The molecule has 1 aliphatic carbocycles. The molecule has 2 atom stereocenters. The Morgan fingerprint density at radius 3 is 2.82 bits per heavy atom. The summed E-state index contributed by atoms with van der Waals surface area (Å²) in [6, 6.07) is 8.85. The van der Waals surface area contributed by atoms with E-state index in [-0.39, 0.29) is 0 Å². The molecule has 2 heteroatoms. The van der Waals surface area contributed by atoms with Crippen LogP contribution in [-0.4, -0.2) is 11.8 Å². The van der Waals surface area contributed by atoms with Crippen LogP contribution >= 0.6 is 11.8 Å². The fraction of sp³-hybridized carbons (Fsp3) is 0.600. The maximum absolute atomic E-state index is 5.93. The van der Waals surface area contributed by atoms with Crippen molar-refractivity contribution in [3.63, 3.8) is 0 Å². The molecule has 0 spiro atoms. The van der Waals surface area contributed by atoms with Gasteiger partial charge in [0, 0.05) is 10.1 Å². The first-order chi connectivity index (χ1) is 8.29. The average Bonchev–Trinajstić information content (AvgIpc) is 2.54. The van der Waals surface area contributed by atoms with Crippen molar-refractivity contribution in [1.29, 1.82) is 0 Å². The lowest BCUT2D eigenvalue weighted by Gasteiger charge is -2.23. The third-order valence-electron chi connectivity index (χ3n) is 3.67. The zero-order chi connectivity index (χ0) is 12.1. The highest BCUT2D eigenvalue weighted by atomic mass is 32.2. The summed E-state index contributed by atoms with van der Waals surface area (Å²) in [5.41, 5.74) is 7.29. The molecule has 1 nitrogen and oxygen atoms in total. The van der Waals surface area contributed by atoms with E-state index in [2.05, 4.69) is 31.2 Å². The predicted octanol–water partition coefficient (Wildman–Crippen LogP) is 3.99. The van der Waals surface area contributed by atoms with Gasteiger partial charge in [0.15, 0.2) is 0 Å². The second-order valence-electron chi connectivity index (χ2n) is 5.11. The number of hydrogen-bond donors (Lipinski definition) is 1. The number of nitrogens with two attached hydrogens (primary N) is 1. The van der Waals surface area contributed by atoms with E-state index < -0.39 is 0 Å². The van der Waals surface area contributed by atoms with Crippen LogP contribution in [0, 0.1) is 12.8 Å². The van der Waals surface area contributed by atoms with Crippen LogP contribution < -0.4 is 5.73 Å². The third kappa shape index (κ3) is 3.75. The number of benzene rings is 1. The molecule has 0 aromatic heterocycles. The van der Waals surface area contributed by atoms with Crippen molar-refractivity contribution >= 4 is 11.8 Å². The molecule has 1 aromatic rings. The average molecular weight is 249 g/mol. The van der Waals surface area contributed by atoms with Gasteiger partial charge in [0.2, 0.25) is 0 Å². The van der Waals surface area contributed by atoms with Crippen LogP contribution in [0.5, 0.6) is 0 Å². The van der Waals surface area contributed by atoms with Crippen LogP contribution in [0.15, 0.2) is 29.2 Å². The Kier molecular flexibility index (Phi) is 4.93. The summed E-state index contributed by atoms with van der Waals surface area (Å²) in [5.74, 6) is 0.711. The largest absolute Gasteiger partial charge is 0.330 e. The van der Waals surface area contributed by atoms with Gasteiger partial charge in [-0.1, -0.05) is 37.0 Å². The molecular weight excluding hydrogens is 226 g/mol. The van der Waals surface area contributed by atoms with Crippen LogP contribution in [-0.2, 0) is 0 Å². The smallest absolute Gasteiger partial charge is 0.0135 e. The van der Waals surface area contributed by atoms with E-state index in [0.29, 0.717) is 5.92 Å². The predicted molar refractivity (Wildman–Crippen MR) is 76.5 cm³/mol. The van der Waals surface area contributed by atoms with Gasteiger partial charge in [-0.3, -0.25) is 0 Å². The number of thioether (sulfide) groups is 1. The second-order valence-corrected chi connectivity index (χ2v) is 6.42. The van der Waals surface area contributed by atoms with Crippen molar-refractivity contribution < 1.29 is 0 Å². The van der Waals surface area contributed by atoms with Crippen LogP contribution in [0.2, 0.25) is 0 Å². The highest BCUT2D eigenvalue weighted by Gasteiger charge is 2.23. The molecule has 0 saturated heterocycles. The standard InChI is InChI=1S/C15H23NS/c1-12-6-5-8-14(10-12)17-15-9-4-2-3-7-13(15)11-16/h5-6,8,10,13,15H,2-4,7,9,11,16H2,1H3. The molecule has 94 valence electrons. The van der Waals surface area contributed by atoms with Crippen molar-refractivity contribution in [3.05, 3.63) is 29.8 Å². The summed E-state index contributed by atoms with van der Waals surface area (Å²) in [6.07, 6.45) is 6.79. The first-order valence-electron chi connectivity index (χ1n) is 6.73. The zero-order valence-electron chi connectivity index (χ0n) is 10.7. The summed E-state index contributed by atoms with van der Waals surface area (Å²) >= 11 is 2.04. The second kappa shape index (κ2) is 6.46. The van der Waals surface area contributed by atoms with E-state index in [1.165, 1.54) is 42.6 Å². The van der Waals surface area contributed by atoms with Gasteiger partial charge in [0.1, 0.15) is 0 Å². The van der Waals surface area contributed by atoms with Crippen molar-refractivity contribution in [2.45, 2.75) is 49.2 Å². The van der Waals surface area contributed by atoms with Gasteiger partial charge in [-0.05, 0) is 44.4 Å². The highest BCUT2D eigenvalue weighted by molar-refractivity contribution is 8.00. The van der Waals surface area contributed by atoms with Gasteiger partial charge < -0.3 is 5.73 Å². The Balaban J connectivity index is 2.04. The molecule has 2 unspecified atom stereocenters. The quantitative estimate of drug-likeness (QED) is 0.820. The van der Waals surface area contributed by atoms with Crippen molar-refractivity contribution in [3.8, 4) is 0 Å². The minimum atomic E-state index is 0.711. The summed E-state index contributed by atoms with van der Waals surface area (Å²) < 4.78 is 0. The Morgan fingerprint density at radius 2 is 2.06 bits per heavy atom. The summed E-state index contributed by atoms with van der Waals surface area (Å²) in [6.45, 7) is 3.01. The molecular formula is C15H23NS. The van der Waals surface area contributed by atoms with Crippen LogP contribution in [0.4, 0.5) is 0 Å². The van der Waals surface area contributed by atoms with Gasteiger partial charge in [-0.2, -0.15) is 0 Å². The minimum absolute atomic E-state index is 0.711. The third-order valence-corrected chi connectivity index (χ3v) is 5.12. The first kappa shape index (κ1) is 13.0. The molecule has 0 radical (unpaired) electrons. The van der Waals surface area contributed by atoms with Crippen LogP contribution in [0.1, 0.15) is 37.7 Å². The molecule has 1 fully saturated rings. The number of rotatable bonds is 3. The van der Waals surface area contributed by atoms with E-state index in [0.717, 1.165) is 11.8 Å². The van der Waals surface area contributed by atoms with Gasteiger partial charge in [0.25, 0.3) is 0 Å². The Morgan fingerprint density at radius 1 is 1.24 bits per heavy atom. The Labute approximate surface area is 109 Å². The van der Waals surface area contributed by atoms with E-state index in [1.54, 1.807) is 0 Å². The van der Waals surface area contributed by atoms with Crippen LogP contribution in [0.3, 0.4) is 0 Å². The van der Waals surface area contributed by atoms with E-state index in [1.807, 2.05) is 11.8 Å². The first-order valence-corrected chi connectivity index (χ1v) is 7.61. The van der Waals surface area contributed by atoms with Crippen LogP contribution in [0.25, 0.3) is 0 Å². The Hall–Kier alpha value is -0.470. The highest BCUT2D eigenvalue weighted by Crippen LogP contribution is 2.36. The molecule has 0 bridgehead atoms. The number of hydrogen-bond acceptors (Lipinski definition) is 2. The molecule has 0 heterocycles. The van der Waals surface area contributed by atoms with Gasteiger partial charge >= 0.3 is 0 Å². The fourth-order valence-corrected chi connectivity index (χ4v) is 4.12. The van der Waals surface area contributed by atoms with Gasteiger partial charge in [-0.15, -0.1) is 11.8 Å². The summed E-state index contributed by atoms with van der Waals surface area (Å²) in [5, 5.41) is 0.726. The van der Waals surface area contributed by atoms with E-state index in [4.69, 9.17) is 5.73 Å². The lowest BCUT2D eigenvalue weighted by Crippen LogP contribution is -2.24. The molecule has 0 aliphatic heterocycles. The topological polar surface area (TPSA) is 26.0 Å². The maximum atomic E-state index is 5.93. The van der Waals surface area contributed by atoms with Crippen molar-refractivity contribution in [1.82, 2.24) is 0 Å². The normalized spacial score (nSPS) is 25.5. The van der Waals surface area contributed by atoms with E-state index in [9.17, 15) is 0 Å². The maximum Gasteiger partial charge on any atom is 0.0135 e. The molecule has 2 rings (SSSR count). The molecule has 2 N–H and O–H groups in total. The van der Waals surface area contributed by atoms with Crippen molar-refractivity contribution in [2.24, 2.45) is 11.7 Å². The van der Waals surface area contributed by atoms with E-state index >= 15 is 0 Å². The molecule has 17 heavy (non-hydrogen) atoms. The SMILES string of the molecule is Cc1cccc(SC2CCCCCC2CN)c1. The molecule has 1 saturated carbocycles. The number of aryl methyl sites for hydroxylation is 1. The van der Waals surface area contributed by atoms with Gasteiger partial charge in [0.05, 0.1) is 0 Å². The Bertz CT molecular complexity index is 351. The lowest BCUT2D eigenvalue weighted by atomic mass is 10.0. The van der Waals surface area contributed by atoms with Gasteiger partial charge in [-0.25, -0.2) is 0 Å². The minimum Gasteiger partial charge on any atom is -0.330 e. The fourth-order valence-electron chi connectivity index (χ4n) is 2.64. The summed E-state index contributed by atoms with van der Waals surface area (Å²) in [4.78, 5) is 1.41. The zero-order valence-corrected chi connectivity index (χ0v) is 11.5. The molecule has 1 aliphatic rings. The summed E-state index contributed by atoms with van der Waals surface area (Å²) in [7, 11) is 0. The van der Waals surface area contributed by atoms with Crippen molar-refractivity contribution in [2.75, 3.05) is 6.54 Å². The molecule has 0 amide bonds. The molecule has 1 aromatic carbocycles. The lowest BCUT2D eigenvalue weighted by molar-refractivity contribution is 0.483.